The molecule has 2 aromatic carbocycles. The Labute approximate surface area is 173 Å². The molecule has 1 atom stereocenters. The van der Waals surface area contributed by atoms with E-state index in [1.165, 1.54) is 12.1 Å². The molecular weight excluding hydrogens is 383 g/mol. The first kappa shape index (κ1) is 19.7. The van der Waals surface area contributed by atoms with Crippen LogP contribution in [0.5, 0.6) is 0 Å². The monoisotopic (exact) mass is 404 g/mol. The van der Waals surface area contributed by atoms with Crippen LogP contribution in [0.4, 0.5) is 4.39 Å². The number of hydrogen-bond donors (Lipinski definition) is 2. The Morgan fingerprint density at radius 3 is 2.70 bits per heavy atom. The number of nitrogens with one attached hydrogen (secondary N) is 1. The number of carbonyl (C=O) groups excluding carboxylic acids is 1. The molecule has 0 radical (unpaired) electrons. The van der Waals surface area contributed by atoms with Crippen LogP contribution >= 0.6 is 0 Å². The van der Waals surface area contributed by atoms with Gasteiger partial charge in [-0.15, -0.1) is 0 Å². The Hall–Kier alpha value is -3.58. The second kappa shape index (κ2) is 8.42. The van der Waals surface area contributed by atoms with Gasteiger partial charge >= 0.3 is 0 Å². The maximum atomic E-state index is 13.6. The van der Waals surface area contributed by atoms with Gasteiger partial charge in [-0.3, -0.25) is 4.79 Å². The second-order valence-corrected chi connectivity index (χ2v) is 7.15. The Morgan fingerprint density at radius 1 is 1.17 bits per heavy atom. The van der Waals surface area contributed by atoms with E-state index in [1.807, 2.05) is 36.4 Å². The molecule has 2 N–H and O–H groups in total. The fourth-order valence-corrected chi connectivity index (χ4v) is 3.25. The van der Waals surface area contributed by atoms with Crippen molar-refractivity contribution in [3.05, 3.63) is 83.8 Å². The van der Waals surface area contributed by atoms with Gasteiger partial charge in [-0.05, 0) is 30.7 Å². The molecule has 1 amide bonds. The summed E-state index contributed by atoms with van der Waals surface area (Å²) < 4.78 is 15.3. The summed E-state index contributed by atoms with van der Waals surface area (Å²) in [4.78, 5) is 17.6. The minimum Gasteiger partial charge on any atom is -0.392 e. The highest BCUT2D eigenvalue weighted by Gasteiger charge is 2.18. The van der Waals surface area contributed by atoms with Crippen LogP contribution < -0.4 is 5.32 Å². The summed E-state index contributed by atoms with van der Waals surface area (Å²) in [6, 6.07) is 17.6. The highest BCUT2D eigenvalue weighted by molar-refractivity contribution is 6.06. The van der Waals surface area contributed by atoms with Crippen LogP contribution in [0.2, 0.25) is 0 Å². The lowest BCUT2D eigenvalue weighted by Gasteiger charge is -2.11. The average Bonchev–Trinajstić information content (AvgIpc) is 3.14. The van der Waals surface area contributed by atoms with Crippen molar-refractivity contribution in [1.82, 2.24) is 20.1 Å². The number of halogens is 1. The largest absolute Gasteiger partial charge is 0.392 e. The number of benzene rings is 2. The Morgan fingerprint density at radius 2 is 1.97 bits per heavy atom. The number of pyridine rings is 1. The van der Waals surface area contributed by atoms with Crippen molar-refractivity contribution in [2.24, 2.45) is 0 Å². The highest BCUT2D eigenvalue weighted by atomic mass is 19.1. The van der Waals surface area contributed by atoms with E-state index in [4.69, 9.17) is 4.98 Å². The summed E-state index contributed by atoms with van der Waals surface area (Å²) in [5, 5.41) is 17.2. The quantitative estimate of drug-likeness (QED) is 0.516. The minimum atomic E-state index is -0.657. The van der Waals surface area contributed by atoms with E-state index in [-0.39, 0.29) is 18.3 Å². The summed E-state index contributed by atoms with van der Waals surface area (Å²) in [7, 11) is 0. The molecule has 7 heteroatoms. The molecule has 2 heterocycles. The number of nitrogens with zero attached hydrogens (tertiary/aromatic N) is 3. The van der Waals surface area contributed by atoms with Gasteiger partial charge in [-0.1, -0.05) is 42.5 Å². The lowest BCUT2D eigenvalue weighted by Crippen LogP contribution is -2.30. The molecule has 4 aromatic rings. The molecule has 0 saturated carbocycles. The van der Waals surface area contributed by atoms with E-state index >= 15 is 0 Å². The standard InChI is InChI=1S/C23H21FN4O2/c1-15(29)12-25-23(30)19-11-21(17-7-3-2-4-8-17)27-22-20(19)13-26-28(22)14-16-6-5-9-18(24)10-16/h2-11,13,15,29H,12,14H2,1H3,(H,25,30). The van der Waals surface area contributed by atoms with Crippen LogP contribution in [0.15, 0.2) is 66.9 Å². The lowest BCUT2D eigenvalue weighted by atomic mass is 10.1. The molecule has 2 aromatic heterocycles. The molecule has 0 saturated heterocycles. The first-order chi connectivity index (χ1) is 14.5. The molecule has 0 bridgehead atoms. The van der Waals surface area contributed by atoms with Crippen LogP contribution in [0, 0.1) is 5.82 Å². The van der Waals surface area contributed by atoms with E-state index < -0.39 is 6.10 Å². The molecule has 6 nitrogen and oxygen atoms in total. The maximum Gasteiger partial charge on any atom is 0.252 e. The number of rotatable bonds is 6. The molecule has 0 aliphatic carbocycles. The average molecular weight is 404 g/mol. The number of carbonyl (C=O) groups is 1. The van der Waals surface area contributed by atoms with E-state index in [0.717, 1.165) is 11.1 Å². The lowest BCUT2D eigenvalue weighted by molar-refractivity contribution is 0.0925. The van der Waals surface area contributed by atoms with Gasteiger partial charge in [0.15, 0.2) is 5.65 Å². The second-order valence-electron chi connectivity index (χ2n) is 7.15. The van der Waals surface area contributed by atoms with E-state index in [9.17, 15) is 14.3 Å². The van der Waals surface area contributed by atoms with Crippen LogP contribution in [-0.2, 0) is 6.54 Å². The van der Waals surface area contributed by atoms with Gasteiger partial charge in [-0.2, -0.15) is 5.10 Å². The van der Waals surface area contributed by atoms with Crippen LogP contribution in [-0.4, -0.2) is 38.4 Å². The number of aliphatic hydroxyl groups excluding tert-OH is 1. The first-order valence-corrected chi connectivity index (χ1v) is 9.64. The highest BCUT2D eigenvalue weighted by Crippen LogP contribution is 2.25. The minimum absolute atomic E-state index is 0.140. The third-order valence-electron chi connectivity index (χ3n) is 4.70. The molecular formula is C23H21FN4O2. The summed E-state index contributed by atoms with van der Waals surface area (Å²) in [6.07, 6.45) is 0.934. The third-order valence-corrected chi connectivity index (χ3v) is 4.70. The van der Waals surface area contributed by atoms with Gasteiger partial charge in [0, 0.05) is 12.1 Å². The van der Waals surface area contributed by atoms with Crippen molar-refractivity contribution in [2.45, 2.75) is 19.6 Å². The number of hydrogen-bond acceptors (Lipinski definition) is 4. The zero-order valence-corrected chi connectivity index (χ0v) is 16.4. The normalized spacial score (nSPS) is 12.1. The molecule has 0 spiro atoms. The summed E-state index contributed by atoms with van der Waals surface area (Å²) in [5.74, 6) is -0.633. The summed E-state index contributed by atoms with van der Waals surface area (Å²) >= 11 is 0. The van der Waals surface area contributed by atoms with Gasteiger partial charge in [0.2, 0.25) is 0 Å². The molecule has 0 aliphatic rings. The first-order valence-electron chi connectivity index (χ1n) is 9.64. The fraction of sp³-hybridized carbons (Fsp3) is 0.174. The molecule has 1 unspecified atom stereocenters. The van der Waals surface area contributed by atoms with Crippen molar-refractivity contribution in [3.63, 3.8) is 0 Å². The Kier molecular flexibility index (Phi) is 5.54. The van der Waals surface area contributed by atoms with Gasteiger partial charge in [-0.25, -0.2) is 14.1 Å². The van der Waals surface area contributed by atoms with Crippen LogP contribution in [0.1, 0.15) is 22.8 Å². The number of fused-ring (bicyclic) bond motifs is 1. The fourth-order valence-electron chi connectivity index (χ4n) is 3.25. The summed E-state index contributed by atoms with van der Waals surface area (Å²) in [6.45, 7) is 2.07. The molecule has 152 valence electrons. The zero-order chi connectivity index (χ0) is 21.1. The van der Waals surface area contributed by atoms with Crippen molar-refractivity contribution in [3.8, 4) is 11.3 Å². The van der Waals surface area contributed by atoms with E-state index in [2.05, 4.69) is 10.4 Å². The molecule has 0 fully saturated rings. The van der Waals surface area contributed by atoms with E-state index in [0.29, 0.717) is 28.8 Å². The van der Waals surface area contributed by atoms with Gasteiger partial charge in [0.05, 0.1) is 35.5 Å². The predicted octanol–water partition coefficient (Wildman–Crippen LogP) is 3.40. The van der Waals surface area contributed by atoms with Crippen LogP contribution in [0.3, 0.4) is 0 Å². The maximum absolute atomic E-state index is 13.6. The van der Waals surface area contributed by atoms with Gasteiger partial charge < -0.3 is 10.4 Å². The van der Waals surface area contributed by atoms with Crippen molar-refractivity contribution in [1.29, 1.82) is 0 Å². The topological polar surface area (TPSA) is 80.0 Å². The predicted molar refractivity (Wildman–Crippen MR) is 112 cm³/mol. The Bertz CT molecular complexity index is 1190. The van der Waals surface area contributed by atoms with Gasteiger partial charge in [0.1, 0.15) is 5.82 Å². The van der Waals surface area contributed by atoms with Crippen LogP contribution in [0.25, 0.3) is 22.3 Å². The third kappa shape index (κ3) is 4.21. The van der Waals surface area contributed by atoms with Crippen molar-refractivity contribution < 1.29 is 14.3 Å². The van der Waals surface area contributed by atoms with Gasteiger partial charge in [0.25, 0.3) is 5.91 Å². The van der Waals surface area contributed by atoms with E-state index in [1.54, 1.807) is 29.9 Å². The van der Waals surface area contributed by atoms with Crippen molar-refractivity contribution >= 4 is 16.9 Å². The Balaban J connectivity index is 1.81. The smallest absolute Gasteiger partial charge is 0.252 e. The zero-order valence-electron chi connectivity index (χ0n) is 16.4. The van der Waals surface area contributed by atoms with Crippen molar-refractivity contribution in [2.75, 3.05) is 6.54 Å². The number of amides is 1. The molecule has 30 heavy (non-hydrogen) atoms. The summed E-state index contributed by atoms with van der Waals surface area (Å²) in [5.41, 5.74) is 3.19. The number of aromatic nitrogens is 3. The SMILES string of the molecule is CC(O)CNC(=O)c1cc(-c2ccccc2)nc2c1cnn2Cc1cccc(F)c1. The molecule has 0 aliphatic heterocycles. The molecule has 4 rings (SSSR count). The number of aliphatic hydroxyl groups is 1.